The summed E-state index contributed by atoms with van der Waals surface area (Å²) in [5.74, 6) is -0.279. The number of carbonyl (C=O) groups is 2. The smallest absolute Gasteiger partial charge is 0.270 e. The van der Waals surface area contributed by atoms with E-state index < -0.39 is 10.8 Å². The Morgan fingerprint density at radius 1 is 1.29 bits per heavy atom. The third-order valence-corrected chi connectivity index (χ3v) is 3.75. The Morgan fingerprint density at radius 2 is 1.95 bits per heavy atom. The van der Waals surface area contributed by atoms with Gasteiger partial charge in [0.25, 0.3) is 11.6 Å². The summed E-state index contributed by atoms with van der Waals surface area (Å²) in [7, 11) is 0. The highest BCUT2D eigenvalue weighted by Gasteiger charge is 2.29. The number of rotatable bonds is 6. The zero-order chi connectivity index (χ0) is 15.4. The van der Waals surface area contributed by atoms with Gasteiger partial charge in [-0.05, 0) is 34.8 Å². The van der Waals surface area contributed by atoms with Crippen LogP contribution < -0.4 is 10.6 Å². The van der Waals surface area contributed by atoms with Crippen LogP contribution in [0.3, 0.4) is 0 Å². The highest BCUT2D eigenvalue weighted by Crippen LogP contribution is 2.28. The number of hydrogen-bond acceptors (Lipinski definition) is 4. The normalized spacial score (nSPS) is 13.6. The second-order valence-corrected chi connectivity index (χ2v) is 5.60. The summed E-state index contributed by atoms with van der Waals surface area (Å²) in [5, 5.41) is 16.0. The molecule has 0 atom stereocenters. The second-order valence-electron chi connectivity index (χ2n) is 4.74. The van der Waals surface area contributed by atoms with Crippen molar-refractivity contribution < 1.29 is 14.5 Å². The van der Waals surface area contributed by atoms with Gasteiger partial charge < -0.3 is 10.6 Å². The van der Waals surface area contributed by atoms with Crippen molar-refractivity contribution in [2.24, 2.45) is 5.92 Å². The first-order valence-corrected chi connectivity index (χ1v) is 7.28. The molecule has 8 heteroatoms. The van der Waals surface area contributed by atoms with E-state index in [1.165, 1.54) is 18.2 Å². The van der Waals surface area contributed by atoms with Crippen LogP contribution in [-0.2, 0) is 4.79 Å². The van der Waals surface area contributed by atoms with Crippen molar-refractivity contribution in [3.05, 3.63) is 38.3 Å². The molecular weight excluding hydrogens is 342 g/mol. The number of benzene rings is 1. The predicted octanol–water partition coefficient (Wildman–Crippen LogP) is 1.61. The minimum absolute atomic E-state index is 0.0146. The summed E-state index contributed by atoms with van der Waals surface area (Å²) in [6, 6.07) is 3.99. The standard InChI is InChI=1S/C13H14BrN3O4/c14-11-4-3-9(17(20)21)7-10(11)13(19)16-6-5-15-12(18)8-1-2-8/h3-4,7-8H,1-2,5-6H2,(H,15,18)(H,16,19). The molecule has 0 bridgehead atoms. The number of carbonyl (C=O) groups excluding carboxylic acids is 2. The Kier molecular flexibility index (Phi) is 4.89. The van der Waals surface area contributed by atoms with Crippen molar-refractivity contribution in [3.8, 4) is 0 Å². The second kappa shape index (κ2) is 6.66. The number of nitrogens with zero attached hydrogens (tertiary/aromatic N) is 1. The number of nitrogens with one attached hydrogen (secondary N) is 2. The number of amides is 2. The quantitative estimate of drug-likeness (QED) is 0.459. The summed E-state index contributed by atoms with van der Waals surface area (Å²) in [5.41, 5.74) is 0.0445. The molecular formula is C13H14BrN3O4. The summed E-state index contributed by atoms with van der Waals surface area (Å²) >= 11 is 3.19. The molecule has 1 aromatic rings. The molecule has 21 heavy (non-hydrogen) atoms. The Balaban J connectivity index is 1.86. The van der Waals surface area contributed by atoms with Crippen molar-refractivity contribution >= 4 is 33.4 Å². The van der Waals surface area contributed by atoms with E-state index in [-0.39, 0.29) is 29.6 Å². The van der Waals surface area contributed by atoms with E-state index in [4.69, 9.17) is 0 Å². The van der Waals surface area contributed by atoms with Crippen LogP contribution in [0.2, 0.25) is 0 Å². The molecule has 1 aliphatic carbocycles. The van der Waals surface area contributed by atoms with E-state index in [2.05, 4.69) is 26.6 Å². The predicted molar refractivity (Wildman–Crippen MR) is 78.9 cm³/mol. The van der Waals surface area contributed by atoms with Crippen molar-refractivity contribution in [1.29, 1.82) is 0 Å². The topological polar surface area (TPSA) is 101 Å². The van der Waals surface area contributed by atoms with Gasteiger partial charge in [-0.25, -0.2) is 0 Å². The fourth-order valence-corrected chi connectivity index (χ4v) is 2.17. The van der Waals surface area contributed by atoms with Crippen LogP contribution in [0, 0.1) is 16.0 Å². The minimum Gasteiger partial charge on any atom is -0.354 e. The average molecular weight is 356 g/mol. The maximum Gasteiger partial charge on any atom is 0.270 e. The van der Waals surface area contributed by atoms with Crippen molar-refractivity contribution in [1.82, 2.24) is 10.6 Å². The van der Waals surface area contributed by atoms with E-state index >= 15 is 0 Å². The molecule has 2 amide bonds. The van der Waals surface area contributed by atoms with Crippen LogP contribution >= 0.6 is 15.9 Å². The van der Waals surface area contributed by atoms with Crippen LogP contribution in [0.5, 0.6) is 0 Å². The molecule has 1 fully saturated rings. The zero-order valence-corrected chi connectivity index (χ0v) is 12.7. The molecule has 2 N–H and O–H groups in total. The first kappa shape index (κ1) is 15.4. The zero-order valence-electron chi connectivity index (χ0n) is 11.1. The van der Waals surface area contributed by atoms with Gasteiger partial charge in [-0.2, -0.15) is 0 Å². The molecule has 1 aromatic carbocycles. The molecule has 7 nitrogen and oxygen atoms in total. The summed E-state index contributed by atoms with van der Waals surface area (Å²) in [6.07, 6.45) is 1.86. The van der Waals surface area contributed by atoms with Crippen molar-refractivity contribution in [2.75, 3.05) is 13.1 Å². The van der Waals surface area contributed by atoms with E-state index in [0.717, 1.165) is 12.8 Å². The molecule has 1 saturated carbocycles. The molecule has 112 valence electrons. The highest BCUT2D eigenvalue weighted by atomic mass is 79.9. The molecule has 0 spiro atoms. The number of nitro benzene ring substituents is 1. The molecule has 0 saturated heterocycles. The van der Waals surface area contributed by atoms with Crippen LogP contribution in [0.25, 0.3) is 0 Å². The average Bonchev–Trinajstić information content (AvgIpc) is 3.27. The van der Waals surface area contributed by atoms with Crippen molar-refractivity contribution in [3.63, 3.8) is 0 Å². The fourth-order valence-electron chi connectivity index (χ4n) is 1.75. The maximum atomic E-state index is 12.0. The lowest BCUT2D eigenvalue weighted by Gasteiger charge is -2.08. The SMILES string of the molecule is O=C(NCCNC(=O)C1CC1)c1cc([N+](=O)[O-])ccc1Br. The molecule has 0 unspecified atom stereocenters. The number of non-ortho nitro benzene ring substituents is 1. The molecule has 0 heterocycles. The molecule has 1 aliphatic rings. The van der Waals surface area contributed by atoms with E-state index in [9.17, 15) is 19.7 Å². The van der Waals surface area contributed by atoms with Gasteiger partial charge in [0.05, 0.1) is 10.5 Å². The highest BCUT2D eigenvalue weighted by molar-refractivity contribution is 9.10. The number of nitro groups is 1. The van der Waals surface area contributed by atoms with Gasteiger partial charge in [0.15, 0.2) is 0 Å². The van der Waals surface area contributed by atoms with E-state index in [1.807, 2.05) is 0 Å². The molecule has 0 aromatic heterocycles. The Morgan fingerprint density at radius 3 is 2.57 bits per heavy atom. The van der Waals surface area contributed by atoms with Crippen LogP contribution in [-0.4, -0.2) is 29.8 Å². The van der Waals surface area contributed by atoms with Gasteiger partial charge in [-0.1, -0.05) is 0 Å². The van der Waals surface area contributed by atoms with Gasteiger partial charge in [0.2, 0.25) is 5.91 Å². The van der Waals surface area contributed by atoms with Crippen molar-refractivity contribution in [2.45, 2.75) is 12.8 Å². The molecule has 0 radical (unpaired) electrons. The first-order valence-electron chi connectivity index (χ1n) is 6.49. The van der Waals surface area contributed by atoms with E-state index in [0.29, 0.717) is 11.0 Å². The lowest BCUT2D eigenvalue weighted by molar-refractivity contribution is -0.384. The Hall–Kier alpha value is -1.96. The van der Waals surface area contributed by atoms with Crippen LogP contribution in [0.4, 0.5) is 5.69 Å². The van der Waals surface area contributed by atoms with Gasteiger partial charge in [0, 0.05) is 35.6 Å². The Bertz CT molecular complexity index is 587. The summed E-state index contributed by atoms with van der Waals surface area (Å²) in [6.45, 7) is 0.611. The van der Waals surface area contributed by atoms with Gasteiger partial charge >= 0.3 is 0 Å². The molecule has 2 rings (SSSR count). The number of halogens is 1. The Labute approximate surface area is 129 Å². The fraction of sp³-hybridized carbons (Fsp3) is 0.385. The largest absolute Gasteiger partial charge is 0.354 e. The maximum absolute atomic E-state index is 12.0. The summed E-state index contributed by atoms with van der Waals surface area (Å²) in [4.78, 5) is 33.5. The van der Waals surface area contributed by atoms with E-state index in [1.54, 1.807) is 0 Å². The van der Waals surface area contributed by atoms with Gasteiger partial charge in [0.1, 0.15) is 0 Å². The number of hydrogen-bond donors (Lipinski definition) is 2. The summed E-state index contributed by atoms with van der Waals surface area (Å²) < 4.78 is 0.479. The van der Waals surface area contributed by atoms with Gasteiger partial charge in [-0.3, -0.25) is 19.7 Å². The lowest BCUT2D eigenvalue weighted by Crippen LogP contribution is -2.35. The lowest BCUT2D eigenvalue weighted by atomic mass is 10.2. The van der Waals surface area contributed by atoms with Crippen LogP contribution in [0.15, 0.2) is 22.7 Å². The third-order valence-electron chi connectivity index (χ3n) is 3.06. The minimum atomic E-state index is -0.556. The third kappa shape index (κ3) is 4.25. The first-order chi connectivity index (χ1) is 9.99. The molecule has 0 aliphatic heterocycles. The monoisotopic (exact) mass is 355 g/mol. The van der Waals surface area contributed by atoms with Gasteiger partial charge in [-0.15, -0.1) is 0 Å². The van der Waals surface area contributed by atoms with Crippen LogP contribution in [0.1, 0.15) is 23.2 Å².